The van der Waals surface area contributed by atoms with Crippen LogP contribution in [-0.2, 0) is 4.74 Å². The highest BCUT2D eigenvalue weighted by atomic mass is 127. The topological polar surface area (TPSA) is 82.1 Å². The maximum Gasteiger partial charge on any atom is 0.518 e. The van der Waals surface area contributed by atoms with Crippen molar-refractivity contribution in [1.82, 2.24) is 0 Å². The molecule has 0 spiro atoms. The maximum atomic E-state index is 11.0. The van der Waals surface area contributed by atoms with E-state index in [1.165, 1.54) is 34.6 Å². The third kappa shape index (κ3) is 5.20. The van der Waals surface area contributed by atoms with Crippen LogP contribution < -0.4 is 9.47 Å². The molecule has 17 heavy (non-hydrogen) atoms. The van der Waals surface area contributed by atoms with Crippen LogP contribution in [0.15, 0.2) is 34.6 Å². The van der Waals surface area contributed by atoms with Gasteiger partial charge in [0.15, 0.2) is 0 Å². The highest BCUT2D eigenvalue weighted by Crippen LogP contribution is 2.18. The summed E-state index contributed by atoms with van der Waals surface area (Å²) in [5, 5.41) is 8.34. The molecule has 0 amide bonds. The zero-order valence-corrected chi connectivity index (χ0v) is 10.5. The van der Waals surface area contributed by atoms with Crippen molar-refractivity contribution in [2.75, 3.05) is 0 Å². The van der Waals surface area contributed by atoms with Gasteiger partial charge in [-0.05, 0) is 46.9 Å². The van der Waals surface area contributed by atoms with Crippen LogP contribution >= 0.6 is 22.6 Å². The number of carbonyl (C=O) groups excluding carboxylic acids is 1. The van der Waals surface area contributed by atoms with Crippen molar-refractivity contribution in [2.24, 2.45) is 0 Å². The summed E-state index contributed by atoms with van der Waals surface area (Å²) in [4.78, 5) is 21.2. The van der Waals surface area contributed by atoms with E-state index in [1.807, 2.05) is 22.6 Å². The number of halogens is 1. The predicted molar refractivity (Wildman–Crippen MR) is 65.4 cm³/mol. The summed E-state index contributed by atoms with van der Waals surface area (Å²) >= 11 is 1.88. The smallest absolute Gasteiger partial charge is 0.449 e. The van der Waals surface area contributed by atoms with Gasteiger partial charge in [0.2, 0.25) is 0 Å². The Bertz CT molecular complexity index is 425. The molecule has 0 heterocycles. The van der Waals surface area contributed by atoms with Crippen molar-refractivity contribution in [3.63, 3.8) is 0 Å². The number of ether oxygens (including phenoxy) is 3. The van der Waals surface area contributed by atoms with Gasteiger partial charge in [-0.15, -0.1) is 0 Å². The summed E-state index contributed by atoms with van der Waals surface area (Å²) in [6, 6.07) is 5.47. The molecule has 7 heteroatoms. The fourth-order valence-corrected chi connectivity index (χ4v) is 1.02. The number of rotatable bonds is 3. The molecule has 0 aliphatic carbocycles. The van der Waals surface area contributed by atoms with E-state index < -0.39 is 12.3 Å². The van der Waals surface area contributed by atoms with Crippen molar-refractivity contribution in [3.8, 4) is 11.5 Å². The fourth-order valence-electron chi connectivity index (χ4n) is 0.878. The monoisotopic (exact) mass is 350 g/mol. The van der Waals surface area contributed by atoms with Crippen molar-refractivity contribution in [1.29, 1.82) is 0 Å². The molecule has 0 unspecified atom stereocenters. The van der Waals surface area contributed by atoms with Crippen molar-refractivity contribution in [3.05, 3.63) is 34.6 Å². The maximum absolute atomic E-state index is 11.0. The molecule has 1 N–H and O–H groups in total. The van der Waals surface area contributed by atoms with Crippen LogP contribution in [0.4, 0.5) is 9.59 Å². The Hall–Kier alpha value is -1.77. The Balaban J connectivity index is 2.56. The van der Waals surface area contributed by atoms with Gasteiger partial charge in [-0.25, -0.2) is 9.59 Å². The molecule has 1 rings (SSSR count). The van der Waals surface area contributed by atoms with Crippen molar-refractivity contribution < 1.29 is 28.9 Å². The van der Waals surface area contributed by atoms with E-state index in [4.69, 9.17) is 9.84 Å². The van der Waals surface area contributed by atoms with Gasteiger partial charge in [-0.1, -0.05) is 0 Å². The minimum Gasteiger partial charge on any atom is -0.449 e. The molecule has 6 nitrogen and oxygen atoms in total. The number of hydrogen-bond donors (Lipinski definition) is 1. The molecule has 0 saturated carbocycles. The number of hydrogen-bond acceptors (Lipinski definition) is 5. The van der Waals surface area contributed by atoms with E-state index >= 15 is 0 Å². The molecule has 0 radical (unpaired) electrons. The normalized spacial score (nSPS) is 9.94. The molecular weight excluding hydrogens is 343 g/mol. The van der Waals surface area contributed by atoms with Crippen LogP contribution in [0, 0.1) is 0 Å². The highest BCUT2D eigenvalue weighted by Gasteiger charge is 2.05. The summed E-state index contributed by atoms with van der Waals surface area (Å²) in [5.41, 5.74) is 0. The molecule has 0 fully saturated rings. The summed E-state index contributed by atoms with van der Waals surface area (Å²) < 4.78 is 15.1. The van der Waals surface area contributed by atoms with Gasteiger partial charge in [0.1, 0.15) is 17.8 Å². The van der Waals surface area contributed by atoms with Crippen LogP contribution in [0.25, 0.3) is 0 Å². The van der Waals surface area contributed by atoms with Gasteiger partial charge in [-0.2, -0.15) is 0 Å². The quantitative estimate of drug-likeness (QED) is 0.390. The molecule has 0 atom stereocenters. The van der Waals surface area contributed by atoms with E-state index in [9.17, 15) is 9.59 Å². The summed E-state index contributed by atoms with van der Waals surface area (Å²) in [6.07, 6.45) is -1.12. The highest BCUT2D eigenvalue weighted by molar-refractivity contribution is 14.1. The van der Waals surface area contributed by atoms with Gasteiger partial charge < -0.3 is 19.3 Å². The lowest BCUT2D eigenvalue weighted by Gasteiger charge is -2.03. The third-order valence-corrected chi connectivity index (χ3v) is 1.74. The van der Waals surface area contributed by atoms with Crippen molar-refractivity contribution in [2.45, 2.75) is 0 Å². The molecule has 1 aromatic carbocycles. The molecule has 1 aromatic rings. The van der Waals surface area contributed by atoms with Gasteiger partial charge in [0, 0.05) is 4.08 Å². The van der Waals surface area contributed by atoms with Crippen LogP contribution in [0.5, 0.6) is 11.5 Å². The second kappa shape index (κ2) is 6.74. The second-order valence-electron chi connectivity index (χ2n) is 2.57. The standard InChI is InChI=1S/C10H7IO6/c11-5-6-15-10(14)17-8-3-1-7(2-4-8)16-9(12)13/h1-6H,(H,12,13). The fraction of sp³-hybridized carbons (Fsp3) is 0. The minimum atomic E-state index is -1.41. The molecule has 0 aliphatic rings. The molecule has 0 saturated heterocycles. The van der Waals surface area contributed by atoms with Crippen LogP contribution in [0.2, 0.25) is 0 Å². The van der Waals surface area contributed by atoms with Crippen LogP contribution in [-0.4, -0.2) is 17.4 Å². The van der Waals surface area contributed by atoms with E-state index in [-0.39, 0.29) is 11.5 Å². The zero-order valence-electron chi connectivity index (χ0n) is 8.33. The largest absolute Gasteiger partial charge is 0.518 e. The average Bonchev–Trinajstić information content (AvgIpc) is 2.28. The van der Waals surface area contributed by atoms with E-state index in [0.29, 0.717) is 0 Å². The van der Waals surface area contributed by atoms with E-state index in [1.54, 1.807) is 0 Å². The Morgan fingerprint density at radius 2 is 1.65 bits per heavy atom. The summed E-state index contributed by atoms with van der Waals surface area (Å²) in [6.45, 7) is 0. The first-order chi connectivity index (χ1) is 8.11. The van der Waals surface area contributed by atoms with Crippen LogP contribution in [0.3, 0.4) is 0 Å². The Labute approximate surface area is 110 Å². The van der Waals surface area contributed by atoms with Crippen LogP contribution in [0.1, 0.15) is 0 Å². The molecule has 90 valence electrons. The lowest BCUT2D eigenvalue weighted by atomic mass is 10.3. The molecule has 0 aliphatic heterocycles. The first kappa shape index (κ1) is 13.3. The number of carboxylic acid groups (broad SMARTS) is 1. The SMILES string of the molecule is O=C(O)Oc1ccc(OC(=O)OC=CI)cc1. The lowest BCUT2D eigenvalue weighted by Crippen LogP contribution is -2.07. The van der Waals surface area contributed by atoms with Crippen molar-refractivity contribution >= 4 is 34.9 Å². The van der Waals surface area contributed by atoms with E-state index in [0.717, 1.165) is 0 Å². The van der Waals surface area contributed by atoms with Gasteiger partial charge >= 0.3 is 12.3 Å². The second-order valence-corrected chi connectivity index (χ2v) is 3.29. The summed E-state index contributed by atoms with van der Waals surface area (Å²) in [5.74, 6) is 0.347. The van der Waals surface area contributed by atoms with Gasteiger partial charge in [0.25, 0.3) is 0 Å². The lowest BCUT2D eigenvalue weighted by molar-refractivity contribution is 0.135. The first-order valence-corrected chi connectivity index (χ1v) is 5.51. The molecule has 0 aromatic heterocycles. The first-order valence-electron chi connectivity index (χ1n) is 4.26. The Morgan fingerprint density at radius 3 is 2.12 bits per heavy atom. The Morgan fingerprint density at radius 1 is 1.12 bits per heavy atom. The predicted octanol–water partition coefficient (Wildman–Crippen LogP) is 3.17. The average molecular weight is 350 g/mol. The van der Waals surface area contributed by atoms with Gasteiger partial charge in [0.05, 0.1) is 0 Å². The van der Waals surface area contributed by atoms with Gasteiger partial charge in [-0.3, -0.25) is 0 Å². The number of benzene rings is 1. The number of carbonyl (C=O) groups is 2. The zero-order chi connectivity index (χ0) is 12.7. The molecular formula is C10H7IO6. The minimum absolute atomic E-state index is 0.130. The summed E-state index contributed by atoms with van der Waals surface area (Å²) in [7, 11) is 0. The Kier molecular flexibility index (Phi) is 5.27. The third-order valence-electron chi connectivity index (χ3n) is 1.45. The molecule has 0 bridgehead atoms. The van der Waals surface area contributed by atoms with E-state index in [2.05, 4.69) is 9.47 Å².